The maximum absolute atomic E-state index is 9.74. The van der Waals surface area contributed by atoms with Crippen molar-refractivity contribution >= 4 is 6.29 Å². The second-order valence-electron chi connectivity index (χ2n) is 1.45. The highest BCUT2D eigenvalue weighted by atomic mass is 16.1. The second kappa shape index (κ2) is 6.89. The molecule has 0 heterocycles. The van der Waals surface area contributed by atoms with Gasteiger partial charge in [0.05, 0.1) is 0 Å². The van der Waals surface area contributed by atoms with E-state index in [2.05, 4.69) is 6.58 Å². The lowest BCUT2D eigenvalue weighted by atomic mass is 10.4. The van der Waals surface area contributed by atoms with Gasteiger partial charge in [-0.1, -0.05) is 37.0 Å². The zero-order chi connectivity index (χ0) is 6.95. The van der Waals surface area contributed by atoms with Crippen LogP contribution in [0.3, 0.4) is 0 Å². The third-order valence-corrected chi connectivity index (χ3v) is 0.727. The van der Waals surface area contributed by atoms with Crippen molar-refractivity contribution in [1.29, 1.82) is 0 Å². The average Bonchev–Trinajstić information content (AvgIpc) is 1.89. The minimum Gasteiger partial charge on any atom is -0.303 e. The quantitative estimate of drug-likeness (QED) is 0.411. The van der Waals surface area contributed by atoms with Crippen LogP contribution in [0, 0.1) is 0 Å². The van der Waals surface area contributed by atoms with Gasteiger partial charge in [0.25, 0.3) is 0 Å². The van der Waals surface area contributed by atoms with E-state index >= 15 is 0 Å². The smallest absolute Gasteiger partial charge is 0.123 e. The lowest BCUT2D eigenvalue weighted by Crippen LogP contribution is -1.62. The SMILES string of the molecule is C=C/C=C/C=C\CC=O. The van der Waals surface area contributed by atoms with E-state index in [-0.39, 0.29) is 0 Å². The number of allylic oxidation sites excluding steroid dienone is 5. The summed E-state index contributed by atoms with van der Waals surface area (Å²) in [5, 5.41) is 0. The minimum absolute atomic E-state index is 0.488. The van der Waals surface area contributed by atoms with Crippen molar-refractivity contribution in [2.75, 3.05) is 0 Å². The van der Waals surface area contributed by atoms with Gasteiger partial charge in [0.2, 0.25) is 0 Å². The summed E-state index contributed by atoms with van der Waals surface area (Å²) < 4.78 is 0. The van der Waals surface area contributed by atoms with Crippen molar-refractivity contribution in [3.63, 3.8) is 0 Å². The summed E-state index contributed by atoms with van der Waals surface area (Å²) >= 11 is 0. The van der Waals surface area contributed by atoms with E-state index in [0.717, 1.165) is 6.29 Å². The summed E-state index contributed by atoms with van der Waals surface area (Å²) in [5.41, 5.74) is 0. The molecule has 0 aromatic heterocycles. The third kappa shape index (κ3) is 6.89. The fourth-order valence-corrected chi connectivity index (χ4v) is 0.355. The lowest BCUT2D eigenvalue weighted by Gasteiger charge is -1.71. The fourth-order valence-electron chi connectivity index (χ4n) is 0.355. The molecule has 0 bridgehead atoms. The predicted octanol–water partition coefficient (Wildman–Crippen LogP) is 1.87. The Labute approximate surface area is 55.4 Å². The number of rotatable bonds is 4. The van der Waals surface area contributed by atoms with E-state index in [9.17, 15) is 4.79 Å². The van der Waals surface area contributed by atoms with Crippen molar-refractivity contribution in [2.45, 2.75) is 6.42 Å². The lowest BCUT2D eigenvalue weighted by molar-refractivity contribution is -0.107. The van der Waals surface area contributed by atoms with Crippen LogP contribution in [0.5, 0.6) is 0 Å². The van der Waals surface area contributed by atoms with Crippen LogP contribution in [-0.2, 0) is 4.79 Å². The summed E-state index contributed by atoms with van der Waals surface area (Å²) in [6.45, 7) is 3.49. The fraction of sp³-hybridized carbons (Fsp3) is 0.125. The summed E-state index contributed by atoms with van der Waals surface area (Å²) in [6, 6.07) is 0. The Bertz CT molecular complexity index is 132. The first-order valence-electron chi connectivity index (χ1n) is 2.79. The van der Waals surface area contributed by atoms with Crippen LogP contribution >= 0.6 is 0 Å². The van der Waals surface area contributed by atoms with Crippen LogP contribution < -0.4 is 0 Å². The predicted molar refractivity (Wildman–Crippen MR) is 39.2 cm³/mol. The Balaban J connectivity index is 3.33. The summed E-state index contributed by atoms with van der Waals surface area (Å²) in [5.74, 6) is 0. The zero-order valence-electron chi connectivity index (χ0n) is 5.29. The summed E-state index contributed by atoms with van der Waals surface area (Å²) in [4.78, 5) is 9.74. The van der Waals surface area contributed by atoms with Crippen LogP contribution in [0.25, 0.3) is 0 Å². The molecule has 0 saturated heterocycles. The first-order valence-corrected chi connectivity index (χ1v) is 2.79. The monoisotopic (exact) mass is 122 g/mol. The number of hydrogen-bond acceptors (Lipinski definition) is 1. The molecule has 0 atom stereocenters. The Hall–Kier alpha value is -1.11. The molecule has 0 radical (unpaired) electrons. The van der Waals surface area contributed by atoms with E-state index in [1.165, 1.54) is 0 Å². The first-order chi connectivity index (χ1) is 4.41. The van der Waals surface area contributed by atoms with Gasteiger partial charge >= 0.3 is 0 Å². The van der Waals surface area contributed by atoms with E-state index in [0.29, 0.717) is 6.42 Å². The number of carbonyl (C=O) groups is 1. The maximum Gasteiger partial charge on any atom is 0.123 e. The van der Waals surface area contributed by atoms with E-state index in [1.54, 1.807) is 18.2 Å². The van der Waals surface area contributed by atoms with E-state index in [1.807, 2.05) is 12.2 Å². The van der Waals surface area contributed by atoms with Gasteiger partial charge < -0.3 is 4.79 Å². The van der Waals surface area contributed by atoms with Crippen molar-refractivity contribution < 1.29 is 4.79 Å². The number of hydrogen-bond donors (Lipinski definition) is 0. The van der Waals surface area contributed by atoms with Gasteiger partial charge in [0.15, 0.2) is 0 Å². The molecule has 0 rings (SSSR count). The number of aldehydes is 1. The molecule has 0 aliphatic carbocycles. The van der Waals surface area contributed by atoms with Crippen LogP contribution in [-0.4, -0.2) is 6.29 Å². The Morgan fingerprint density at radius 3 is 2.56 bits per heavy atom. The Kier molecular flexibility index (Phi) is 6.04. The van der Waals surface area contributed by atoms with E-state index in [4.69, 9.17) is 0 Å². The summed E-state index contributed by atoms with van der Waals surface area (Å²) in [7, 11) is 0. The molecular weight excluding hydrogens is 112 g/mol. The van der Waals surface area contributed by atoms with Crippen LogP contribution in [0.4, 0.5) is 0 Å². The van der Waals surface area contributed by atoms with Gasteiger partial charge in [0, 0.05) is 6.42 Å². The molecule has 0 amide bonds. The molecule has 0 aliphatic rings. The molecule has 0 saturated carbocycles. The number of carbonyl (C=O) groups excluding carboxylic acids is 1. The molecule has 1 heteroatoms. The topological polar surface area (TPSA) is 17.1 Å². The molecule has 0 unspecified atom stereocenters. The molecule has 0 N–H and O–H groups in total. The highest BCUT2D eigenvalue weighted by Gasteiger charge is 1.66. The van der Waals surface area contributed by atoms with Crippen LogP contribution in [0.15, 0.2) is 37.0 Å². The van der Waals surface area contributed by atoms with Gasteiger partial charge in [-0.15, -0.1) is 0 Å². The van der Waals surface area contributed by atoms with Gasteiger partial charge in [0.1, 0.15) is 6.29 Å². The van der Waals surface area contributed by atoms with Gasteiger partial charge in [-0.05, 0) is 0 Å². The molecule has 0 spiro atoms. The molecule has 9 heavy (non-hydrogen) atoms. The third-order valence-electron chi connectivity index (χ3n) is 0.727. The molecule has 0 aromatic carbocycles. The molecule has 0 aliphatic heterocycles. The van der Waals surface area contributed by atoms with Gasteiger partial charge in [-0.3, -0.25) is 0 Å². The van der Waals surface area contributed by atoms with E-state index < -0.39 is 0 Å². The minimum atomic E-state index is 0.488. The highest BCUT2D eigenvalue weighted by Crippen LogP contribution is 1.79. The standard InChI is InChI=1S/C8H10O/c1-2-3-4-5-6-7-8-9/h2-6,8H,1,7H2/b4-3+,6-5-. The molecule has 1 nitrogen and oxygen atoms in total. The largest absolute Gasteiger partial charge is 0.303 e. The Morgan fingerprint density at radius 1 is 1.22 bits per heavy atom. The maximum atomic E-state index is 9.74. The molecule has 0 aromatic rings. The van der Waals surface area contributed by atoms with Crippen molar-refractivity contribution in [1.82, 2.24) is 0 Å². The molecular formula is C8H10O. The second-order valence-corrected chi connectivity index (χ2v) is 1.45. The highest BCUT2D eigenvalue weighted by molar-refractivity contribution is 5.52. The van der Waals surface area contributed by atoms with Crippen LogP contribution in [0.2, 0.25) is 0 Å². The normalized spacial score (nSPS) is 10.7. The van der Waals surface area contributed by atoms with Crippen molar-refractivity contribution in [3.8, 4) is 0 Å². The summed E-state index contributed by atoms with van der Waals surface area (Å²) in [6.07, 6.45) is 10.3. The molecule has 48 valence electrons. The first kappa shape index (κ1) is 7.89. The Morgan fingerprint density at radius 2 is 2.00 bits per heavy atom. The van der Waals surface area contributed by atoms with Crippen LogP contribution in [0.1, 0.15) is 6.42 Å². The zero-order valence-corrected chi connectivity index (χ0v) is 5.29. The van der Waals surface area contributed by atoms with Gasteiger partial charge in [-0.2, -0.15) is 0 Å². The molecule has 0 fully saturated rings. The van der Waals surface area contributed by atoms with Crippen molar-refractivity contribution in [3.05, 3.63) is 37.0 Å². The van der Waals surface area contributed by atoms with Gasteiger partial charge in [-0.25, -0.2) is 0 Å². The average molecular weight is 122 g/mol. The van der Waals surface area contributed by atoms with Crippen molar-refractivity contribution in [2.24, 2.45) is 0 Å².